The molecule has 120 valence electrons. The summed E-state index contributed by atoms with van der Waals surface area (Å²) >= 11 is 11.8. The monoisotopic (exact) mass is 345 g/mol. The number of aromatic nitrogens is 2. The van der Waals surface area contributed by atoms with E-state index in [0.29, 0.717) is 35.6 Å². The molecule has 0 saturated heterocycles. The number of hydrogen-bond donors (Lipinski definition) is 3. The highest BCUT2D eigenvalue weighted by molar-refractivity contribution is 6.32. The zero-order valence-electron chi connectivity index (χ0n) is 12.2. The molecule has 0 radical (unpaired) electrons. The lowest BCUT2D eigenvalue weighted by molar-refractivity contribution is 0.665. The van der Waals surface area contributed by atoms with Crippen LogP contribution in [0.15, 0.2) is 41.5 Å². The van der Waals surface area contributed by atoms with Crippen molar-refractivity contribution in [3.8, 4) is 0 Å². The van der Waals surface area contributed by atoms with Crippen LogP contribution in [0.25, 0.3) is 0 Å². The summed E-state index contributed by atoms with van der Waals surface area (Å²) in [5.74, 6) is 0.209. The molecule has 5 nitrogen and oxygen atoms in total. The predicted octanol–water partition coefficient (Wildman–Crippen LogP) is 3.81. The van der Waals surface area contributed by atoms with Gasteiger partial charge in [0.1, 0.15) is 16.7 Å². The summed E-state index contributed by atoms with van der Waals surface area (Å²) in [5.41, 5.74) is 6.00. The Morgan fingerprint density at radius 3 is 2.91 bits per heavy atom. The SMILES string of the molecule is C=C/C(F)=C(Cl)\C=C(/C)Nc1ncc(Cl)c(NCCCN)n1. The number of anilines is 2. The lowest BCUT2D eigenvalue weighted by Gasteiger charge is -2.10. The van der Waals surface area contributed by atoms with Crippen LogP contribution in [-0.2, 0) is 0 Å². The molecule has 0 amide bonds. The molecule has 1 rings (SSSR count). The highest BCUT2D eigenvalue weighted by atomic mass is 35.5. The van der Waals surface area contributed by atoms with Crippen LogP contribution < -0.4 is 16.4 Å². The van der Waals surface area contributed by atoms with Gasteiger partial charge in [-0.3, -0.25) is 0 Å². The molecule has 0 aliphatic heterocycles. The second-order valence-corrected chi connectivity index (χ2v) is 5.13. The third kappa shape index (κ3) is 6.01. The predicted molar refractivity (Wildman–Crippen MR) is 90.8 cm³/mol. The Morgan fingerprint density at radius 2 is 2.27 bits per heavy atom. The summed E-state index contributed by atoms with van der Waals surface area (Å²) < 4.78 is 13.2. The highest BCUT2D eigenvalue weighted by Gasteiger charge is 2.06. The van der Waals surface area contributed by atoms with Gasteiger partial charge in [-0.25, -0.2) is 9.37 Å². The van der Waals surface area contributed by atoms with E-state index in [1.165, 1.54) is 12.3 Å². The number of nitrogens with two attached hydrogens (primary N) is 1. The minimum absolute atomic E-state index is 0.0599. The molecule has 22 heavy (non-hydrogen) atoms. The minimum Gasteiger partial charge on any atom is -0.369 e. The fourth-order valence-electron chi connectivity index (χ4n) is 1.43. The van der Waals surface area contributed by atoms with Crippen molar-refractivity contribution in [2.75, 3.05) is 23.7 Å². The van der Waals surface area contributed by atoms with E-state index in [1.807, 2.05) is 0 Å². The Balaban J connectivity index is 2.83. The van der Waals surface area contributed by atoms with Gasteiger partial charge in [0.05, 0.1) is 11.2 Å². The molecule has 0 spiro atoms. The Kier molecular flexibility index (Phi) is 7.87. The second-order valence-electron chi connectivity index (χ2n) is 4.31. The molecule has 8 heteroatoms. The molecule has 1 heterocycles. The first-order chi connectivity index (χ1) is 10.5. The van der Waals surface area contributed by atoms with Gasteiger partial charge in [-0.05, 0) is 32.0 Å². The summed E-state index contributed by atoms with van der Waals surface area (Å²) in [6.07, 6.45) is 4.71. The van der Waals surface area contributed by atoms with E-state index >= 15 is 0 Å². The quantitative estimate of drug-likeness (QED) is 0.493. The van der Waals surface area contributed by atoms with Gasteiger partial charge in [0.2, 0.25) is 5.95 Å². The van der Waals surface area contributed by atoms with Gasteiger partial charge in [0.25, 0.3) is 0 Å². The first-order valence-corrected chi connectivity index (χ1v) is 7.33. The molecule has 0 aliphatic carbocycles. The van der Waals surface area contributed by atoms with Gasteiger partial charge < -0.3 is 16.4 Å². The lowest BCUT2D eigenvalue weighted by atomic mass is 10.3. The molecular weight excluding hydrogens is 328 g/mol. The summed E-state index contributed by atoms with van der Waals surface area (Å²) in [7, 11) is 0. The highest BCUT2D eigenvalue weighted by Crippen LogP contribution is 2.21. The zero-order chi connectivity index (χ0) is 16.5. The second kappa shape index (κ2) is 9.40. The molecule has 0 aliphatic rings. The van der Waals surface area contributed by atoms with E-state index in [1.54, 1.807) is 6.92 Å². The first-order valence-electron chi connectivity index (χ1n) is 6.57. The van der Waals surface area contributed by atoms with Crippen molar-refractivity contribution in [2.45, 2.75) is 13.3 Å². The van der Waals surface area contributed by atoms with Crippen LogP contribution in [0.1, 0.15) is 13.3 Å². The summed E-state index contributed by atoms with van der Waals surface area (Å²) in [6, 6.07) is 0. The van der Waals surface area contributed by atoms with Gasteiger partial charge in [0.15, 0.2) is 0 Å². The fraction of sp³-hybridized carbons (Fsp3) is 0.286. The summed E-state index contributed by atoms with van der Waals surface area (Å²) in [4.78, 5) is 8.28. The number of allylic oxidation sites excluding steroid dienone is 5. The molecular formula is C14H18Cl2FN5. The van der Waals surface area contributed by atoms with Gasteiger partial charge in [-0.1, -0.05) is 29.8 Å². The standard InChI is InChI=1S/C14H18Cl2FN5/c1-3-12(17)10(15)7-9(2)21-14-20-8-11(16)13(22-14)19-6-4-5-18/h3,7-8H,1,4-6,18H2,2H3,(H2,19,20,21,22)/b9-7+,12-10-. The average Bonchev–Trinajstić information content (AvgIpc) is 2.49. The van der Waals surface area contributed by atoms with Crippen molar-refractivity contribution in [3.63, 3.8) is 0 Å². The van der Waals surface area contributed by atoms with Crippen molar-refractivity contribution >= 4 is 35.0 Å². The molecule has 0 atom stereocenters. The van der Waals surface area contributed by atoms with Crippen molar-refractivity contribution in [2.24, 2.45) is 5.73 Å². The van der Waals surface area contributed by atoms with Crippen LogP contribution in [0.2, 0.25) is 5.02 Å². The first kappa shape index (κ1) is 18.4. The van der Waals surface area contributed by atoms with Crippen LogP contribution in [0.5, 0.6) is 0 Å². The maximum absolute atomic E-state index is 13.2. The number of nitrogens with zero attached hydrogens (tertiary/aromatic N) is 2. The van der Waals surface area contributed by atoms with E-state index in [9.17, 15) is 4.39 Å². The Bertz CT molecular complexity index is 587. The largest absolute Gasteiger partial charge is 0.369 e. The van der Waals surface area contributed by atoms with E-state index in [4.69, 9.17) is 28.9 Å². The maximum atomic E-state index is 13.2. The van der Waals surface area contributed by atoms with Crippen molar-refractivity contribution < 1.29 is 4.39 Å². The average molecular weight is 346 g/mol. The van der Waals surface area contributed by atoms with Crippen molar-refractivity contribution in [1.82, 2.24) is 9.97 Å². The van der Waals surface area contributed by atoms with Crippen LogP contribution in [0.4, 0.5) is 16.2 Å². The number of nitrogens with one attached hydrogen (secondary N) is 2. The zero-order valence-corrected chi connectivity index (χ0v) is 13.7. The maximum Gasteiger partial charge on any atom is 0.228 e. The molecule has 1 aromatic rings. The van der Waals surface area contributed by atoms with Crippen molar-refractivity contribution in [1.29, 1.82) is 0 Å². The molecule has 1 aromatic heterocycles. The van der Waals surface area contributed by atoms with Gasteiger partial charge >= 0.3 is 0 Å². The van der Waals surface area contributed by atoms with E-state index < -0.39 is 5.83 Å². The normalized spacial score (nSPS) is 12.7. The van der Waals surface area contributed by atoms with Gasteiger partial charge in [0, 0.05) is 12.2 Å². The minimum atomic E-state index is -0.607. The van der Waals surface area contributed by atoms with Crippen molar-refractivity contribution in [3.05, 3.63) is 46.5 Å². The molecule has 0 aromatic carbocycles. The fourth-order valence-corrected chi connectivity index (χ4v) is 1.83. The molecule has 0 saturated carbocycles. The number of hydrogen-bond acceptors (Lipinski definition) is 5. The molecule has 4 N–H and O–H groups in total. The molecule has 0 fully saturated rings. The number of halogens is 3. The lowest BCUT2D eigenvalue weighted by Crippen LogP contribution is -2.11. The van der Waals surface area contributed by atoms with Crippen LogP contribution in [0, 0.1) is 0 Å². The molecule has 0 unspecified atom stereocenters. The van der Waals surface area contributed by atoms with Gasteiger partial charge in [-0.2, -0.15) is 4.98 Å². The van der Waals surface area contributed by atoms with Crippen LogP contribution in [0.3, 0.4) is 0 Å². The number of rotatable bonds is 8. The van der Waals surface area contributed by atoms with E-state index in [0.717, 1.165) is 12.5 Å². The summed E-state index contributed by atoms with van der Waals surface area (Å²) in [6.45, 7) is 6.24. The molecule has 0 bridgehead atoms. The Labute approximate surface area is 139 Å². The third-order valence-corrected chi connectivity index (χ3v) is 3.04. The van der Waals surface area contributed by atoms with Crippen LogP contribution >= 0.6 is 23.2 Å². The third-order valence-electron chi connectivity index (χ3n) is 2.48. The van der Waals surface area contributed by atoms with E-state index in [-0.39, 0.29) is 5.03 Å². The topological polar surface area (TPSA) is 75.9 Å². The smallest absolute Gasteiger partial charge is 0.228 e. The van der Waals surface area contributed by atoms with Crippen LogP contribution in [-0.4, -0.2) is 23.1 Å². The summed E-state index contributed by atoms with van der Waals surface area (Å²) in [5, 5.41) is 6.31. The van der Waals surface area contributed by atoms with Gasteiger partial charge in [-0.15, -0.1) is 0 Å². The Hall–Kier alpha value is -1.63. The Morgan fingerprint density at radius 1 is 1.55 bits per heavy atom. The van der Waals surface area contributed by atoms with E-state index in [2.05, 4.69) is 27.2 Å².